The molecule has 0 N–H and O–H groups in total. The molecule has 25 heavy (non-hydrogen) atoms. The number of fused-ring (bicyclic) bond motifs is 1. The van der Waals surface area contributed by atoms with Gasteiger partial charge in [-0.2, -0.15) is 0 Å². The first-order valence-electron chi connectivity index (χ1n) is 8.26. The minimum Gasteiger partial charge on any atom is -0.369 e. The molecule has 0 aliphatic carbocycles. The molecule has 122 valence electrons. The summed E-state index contributed by atoms with van der Waals surface area (Å²) in [5, 5.41) is 6.41. The van der Waals surface area contributed by atoms with E-state index in [1.54, 1.807) is 12.5 Å². The fraction of sp³-hybridized carbons (Fsp3) is 0.143. The number of oxime groups is 1. The highest BCUT2D eigenvalue weighted by molar-refractivity contribution is 5.90. The molecule has 0 saturated carbocycles. The Labute approximate surface area is 146 Å². The van der Waals surface area contributed by atoms with Crippen molar-refractivity contribution in [1.82, 2.24) is 4.98 Å². The molecule has 2 heterocycles. The molecule has 1 aromatic heterocycles. The molecule has 1 atom stereocenters. The summed E-state index contributed by atoms with van der Waals surface area (Å²) in [5.41, 5.74) is 1.86. The molecule has 1 aliphatic rings. The summed E-state index contributed by atoms with van der Waals surface area (Å²) >= 11 is 0. The van der Waals surface area contributed by atoms with E-state index < -0.39 is 0 Å². The fourth-order valence-corrected chi connectivity index (χ4v) is 2.82. The van der Waals surface area contributed by atoms with E-state index >= 15 is 0 Å². The zero-order chi connectivity index (χ0) is 16.9. The van der Waals surface area contributed by atoms with Crippen molar-refractivity contribution < 1.29 is 4.84 Å². The van der Waals surface area contributed by atoms with Crippen molar-refractivity contribution in [2.24, 2.45) is 5.16 Å². The largest absolute Gasteiger partial charge is 0.369 e. The summed E-state index contributed by atoms with van der Waals surface area (Å²) in [4.78, 5) is 11.7. The molecule has 2 aromatic carbocycles. The van der Waals surface area contributed by atoms with Gasteiger partial charge in [-0.25, -0.2) is 4.98 Å². The lowest BCUT2D eigenvalue weighted by Crippen LogP contribution is -2.30. The van der Waals surface area contributed by atoms with Crippen molar-refractivity contribution in [1.29, 1.82) is 0 Å². The van der Waals surface area contributed by atoms with E-state index in [1.165, 1.54) is 10.8 Å². The Morgan fingerprint density at radius 2 is 1.88 bits per heavy atom. The van der Waals surface area contributed by atoms with Crippen molar-refractivity contribution >= 4 is 22.8 Å². The molecule has 0 spiro atoms. The van der Waals surface area contributed by atoms with E-state index in [9.17, 15) is 0 Å². The maximum Gasteiger partial charge on any atom is 0.206 e. The summed E-state index contributed by atoms with van der Waals surface area (Å²) in [6.07, 6.45) is 4.85. The minimum absolute atomic E-state index is 0.126. The van der Waals surface area contributed by atoms with E-state index in [0.29, 0.717) is 6.42 Å². The van der Waals surface area contributed by atoms with Crippen molar-refractivity contribution in [3.63, 3.8) is 0 Å². The Bertz CT molecular complexity index is 957. The van der Waals surface area contributed by atoms with Crippen LogP contribution in [0.5, 0.6) is 0 Å². The van der Waals surface area contributed by atoms with Crippen molar-refractivity contribution in [3.8, 4) is 11.8 Å². The predicted molar refractivity (Wildman–Crippen MR) is 100 cm³/mol. The Hall–Kier alpha value is -3.32. The second kappa shape index (κ2) is 7.06. The van der Waals surface area contributed by atoms with Crippen LogP contribution in [0.1, 0.15) is 18.5 Å². The van der Waals surface area contributed by atoms with E-state index in [4.69, 9.17) is 4.84 Å². The zero-order valence-corrected chi connectivity index (χ0v) is 13.7. The molecule has 0 bridgehead atoms. The average molecular weight is 327 g/mol. The smallest absolute Gasteiger partial charge is 0.206 e. The lowest BCUT2D eigenvalue weighted by molar-refractivity contribution is 0.0814. The Kier molecular flexibility index (Phi) is 4.30. The normalized spacial score (nSPS) is 15.7. The number of anilines is 1. The molecule has 3 aromatic rings. The van der Waals surface area contributed by atoms with Gasteiger partial charge in [-0.1, -0.05) is 47.5 Å². The van der Waals surface area contributed by atoms with E-state index in [2.05, 4.69) is 57.2 Å². The van der Waals surface area contributed by atoms with Gasteiger partial charge in [-0.3, -0.25) is 4.90 Å². The van der Waals surface area contributed by atoms with Gasteiger partial charge in [0, 0.05) is 24.7 Å². The van der Waals surface area contributed by atoms with Gasteiger partial charge in [-0.05, 0) is 41.0 Å². The second-order valence-electron chi connectivity index (χ2n) is 5.78. The molecule has 1 aliphatic heterocycles. The fourth-order valence-electron chi connectivity index (χ4n) is 2.82. The molecule has 0 saturated heterocycles. The van der Waals surface area contributed by atoms with Crippen LogP contribution in [0.2, 0.25) is 0 Å². The van der Waals surface area contributed by atoms with Crippen LogP contribution in [-0.4, -0.2) is 17.6 Å². The van der Waals surface area contributed by atoms with Crippen molar-refractivity contribution in [2.75, 3.05) is 4.90 Å². The number of nitrogens with zero attached hydrogens (tertiary/aromatic N) is 3. The summed E-state index contributed by atoms with van der Waals surface area (Å²) < 4.78 is 0. The Balaban J connectivity index is 1.44. The standard InChI is InChI=1S/C21H17N3O/c1-2-8-18-15-20(13-12-17(18)7-1)24-16-23-25-21(24)11-4-3-9-19-10-5-6-14-22-19/h1-2,5-8,10,12-16,21H,4,11H2. The van der Waals surface area contributed by atoms with Gasteiger partial charge < -0.3 is 4.84 Å². The second-order valence-corrected chi connectivity index (χ2v) is 5.78. The number of hydrogen-bond acceptors (Lipinski definition) is 4. The molecular weight excluding hydrogens is 310 g/mol. The van der Waals surface area contributed by atoms with Crippen LogP contribution in [0, 0.1) is 11.8 Å². The van der Waals surface area contributed by atoms with Gasteiger partial charge >= 0.3 is 0 Å². The van der Waals surface area contributed by atoms with Crippen LogP contribution in [0.3, 0.4) is 0 Å². The zero-order valence-electron chi connectivity index (χ0n) is 13.7. The SMILES string of the molecule is C(#Cc1ccccn1)CCC1ON=CN1c1ccc2ccccc2c1. The van der Waals surface area contributed by atoms with E-state index in [0.717, 1.165) is 17.8 Å². The van der Waals surface area contributed by atoms with Gasteiger partial charge in [0.05, 0.1) is 0 Å². The lowest BCUT2D eigenvalue weighted by Gasteiger charge is -2.21. The van der Waals surface area contributed by atoms with Crippen LogP contribution >= 0.6 is 0 Å². The molecule has 1 unspecified atom stereocenters. The maximum absolute atomic E-state index is 5.50. The van der Waals surface area contributed by atoms with Crippen LogP contribution in [0.4, 0.5) is 5.69 Å². The Morgan fingerprint density at radius 3 is 2.76 bits per heavy atom. The quantitative estimate of drug-likeness (QED) is 0.678. The summed E-state index contributed by atoms with van der Waals surface area (Å²) in [5.74, 6) is 6.23. The maximum atomic E-state index is 5.50. The van der Waals surface area contributed by atoms with Crippen LogP contribution in [0.15, 0.2) is 72.0 Å². The number of hydrogen-bond donors (Lipinski definition) is 0. The number of benzene rings is 2. The molecule has 4 heteroatoms. The molecular formula is C21H17N3O. The Morgan fingerprint density at radius 1 is 1.00 bits per heavy atom. The highest BCUT2D eigenvalue weighted by Crippen LogP contribution is 2.26. The third-order valence-corrected chi connectivity index (χ3v) is 4.09. The molecule has 0 radical (unpaired) electrons. The van der Waals surface area contributed by atoms with Crippen LogP contribution in [-0.2, 0) is 4.84 Å². The number of aromatic nitrogens is 1. The third-order valence-electron chi connectivity index (χ3n) is 4.09. The van der Waals surface area contributed by atoms with E-state index in [-0.39, 0.29) is 6.23 Å². The van der Waals surface area contributed by atoms with Gasteiger partial charge in [-0.15, -0.1) is 0 Å². The van der Waals surface area contributed by atoms with Crippen LogP contribution < -0.4 is 4.90 Å². The monoisotopic (exact) mass is 327 g/mol. The number of pyridine rings is 1. The summed E-state index contributed by atoms with van der Waals surface area (Å²) in [7, 11) is 0. The van der Waals surface area contributed by atoms with Gasteiger partial charge in [0.2, 0.25) is 6.23 Å². The predicted octanol–water partition coefficient (Wildman–Crippen LogP) is 4.17. The van der Waals surface area contributed by atoms with Crippen molar-refractivity contribution in [2.45, 2.75) is 19.1 Å². The van der Waals surface area contributed by atoms with E-state index in [1.807, 2.05) is 30.3 Å². The number of rotatable bonds is 3. The molecule has 4 rings (SSSR count). The molecule has 4 nitrogen and oxygen atoms in total. The molecule has 0 fully saturated rings. The van der Waals surface area contributed by atoms with Crippen molar-refractivity contribution in [3.05, 3.63) is 72.6 Å². The summed E-state index contributed by atoms with van der Waals surface area (Å²) in [6.45, 7) is 0. The first-order chi connectivity index (χ1) is 12.4. The highest BCUT2D eigenvalue weighted by Gasteiger charge is 2.23. The first-order valence-corrected chi connectivity index (χ1v) is 8.26. The average Bonchev–Trinajstić information content (AvgIpc) is 3.14. The topological polar surface area (TPSA) is 37.7 Å². The van der Waals surface area contributed by atoms with Gasteiger partial charge in [0.25, 0.3) is 0 Å². The van der Waals surface area contributed by atoms with Gasteiger partial charge in [0.15, 0.2) is 0 Å². The highest BCUT2D eigenvalue weighted by atomic mass is 16.7. The lowest BCUT2D eigenvalue weighted by atomic mass is 10.1. The summed E-state index contributed by atoms with van der Waals surface area (Å²) in [6, 6.07) is 20.4. The van der Waals surface area contributed by atoms with Crippen LogP contribution in [0.25, 0.3) is 10.8 Å². The van der Waals surface area contributed by atoms with Gasteiger partial charge in [0.1, 0.15) is 12.0 Å². The first kappa shape index (κ1) is 15.2. The third kappa shape index (κ3) is 3.46. The molecule has 0 amide bonds. The minimum atomic E-state index is -0.126.